The Labute approximate surface area is 264 Å². The maximum atomic E-state index is 16.0. The first-order valence-corrected chi connectivity index (χ1v) is 15.6. The van der Waals surface area contributed by atoms with Crippen LogP contribution in [0.3, 0.4) is 0 Å². The first kappa shape index (κ1) is 32.5. The smallest absolute Gasteiger partial charge is 0.318 e. The van der Waals surface area contributed by atoms with Gasteiger partial charge < -0.3 is 14.4 Å². The Hall–Kier alpha value is -3.45. The molecule has 1 saturated heterocycles. The van der Waals surface area contributed by atoms with Crippen molar-refractivity contribution in [2.45, 2.75) is 76.4 Å². The van der Waals surface area contributed by atoms with Gasteiger partial charge in [-0.1, -0.05) is 32.9 Å². The van der Waals surface area contributed by atoms with Crippen molar-refractivity contribution < 1.29 is 31.1 Å². The monoisotopic (exact) mass is 648 g/mol. The summed E-state index contributed by atoms with van der Waals surface area (Å²) in [6.45, 7) is 9.44. The van der Waals surface area contributed by atoms with Gasteiger partial charge in [0.1, 0.15) is 6.33 Å². The lowest BCUT2D eigenvalue weighted by Gasteiger charge is -2.49. The predicted molar refractivity (Wildman–Crippen MR) is 160 cm³/mol. The molecule has 2 aliphatic heterocycles. The van der Waals surface area contributed by atoms with E-state index in [0.717, 1.165) is 25.7 Å². The molecule has 6 rings (SSSR count). The summed E-state index contributed by atoms with van der Waals surface area (Å²) in [5.41, 5.74) is -1.83. The van der Waals surface area contributed by atoms with Gasteiger partial charge >= 0.3 is 6.18 Å². The first-order chi connectivity index (χ1) is 21.6. The minimum Gasteiger partial charge on any atom is -0.318 e. The van der Waals surface area contributed by atoms with Crippen LogP contribution >= 0.6 is 0 Å². The zero-order valence-electron chi connectivity index (χ0n) is 26.3. The molecule has 0 unspecified atom stereocenters. The molecule has 248 valence electrons. The number of piperazine rings is 1. The van der Waals surface area contributed by atoms with Gasteiger partial charge in [0, 0.05) is 68.8 Å². The molecule has 13 heteroatoms. The van der Waals surface area contributed by atoms with Crippen molar-refractivity contribution in [2.75, 3.05) is 31.1 Å². The average Bonchev–Trinajstić information content (AvgIpc) is 3.57. The third-order valence-corrected chi connectivity index (χ3v) is 9.97. The van der Waals surface area contributed by atoms with Crippen molar-refractivity contribution >= 4 is 11.6 Å². The minimum atomic E-state index is -4.70. The maximum Gasteiger partial charge on any atom is 0.416 e. The van der Waals surface area contributed by atoms with Crippen molar-refractivity contribution in [2.24, 2.45) is 13.0 Å². The van der Waals surface area contributed by atoms with E-state index in [1.165, 1.54) is 47.1 Å². The van der Waals surface area contributed by atoms with E-state index < -0.39 is 48.0 Å². The number of carbonyl (C=O) groups is 1. The fourth-order valence-electron chi connectivity index (χ4n) is 7.43. The number of benzene rings is 2. The van der Waals surface area contributed by atoms with Gasteiger partial charge in [-0.15, -0.1) is 10.2 Å². The molecule has 3 aromatic rings. The molecule has 1 aromatic heterocycles. The van der Waals surface area contributed by atoms with Crippen LogP contribution in [-0.2, 0) is 31.7 Å². The van der Waals surface area contributed by atoms with Gasteiger partial charge in [-0.05, 0) is 53.4 Å². The molecule has 0 bridgehead atoms. The van der Waals surface area contributed by atoms with E-state index in [1.54, 1.807) is 6.07 Å². The Kier molecular flexibility index (Phi) is 8.23. The van der Waals surface area contributed by atoms with Crippen molar-refractivity contribution in [1.29, 1.82) is 0 Å². The van der Waals surface area contributed by atoms with E-state index >= 15 is 4.39 Å². The number of carbonyl (C=O) groups excluding carboxylic acids is 1. The average molecular weight is 649 g/mol. The van der Waals surface area contributed by atoms with E-state index in [4.69, 9.17) is 0 Å². The highest BCUT2D eigenvalue weighted by molar-refractivity contribution is 6.10. The number of aryl methyl sites for hydroxylation is 1. The van der Waals surface area contributed by atoms with E-state index in [9.17, 15) is 26.7 Å². The van der Waals surface area contributed by atoms with Crippen LogP contribution in [0.15, 0.2) is 42.7 Å². The van der Waals surface area contributed by atoms with E-state index in [1.807, 2.05) is 0 Å². The molecular weight excluding hydrogens is 610 g/mol. The number of fused-ring (bicyclic) bond motifs is 1. The number of aromatic nitrogens is 3. The van der Waals surface area contributed by atoms with Crippen molar-refractivity contribution in [3.05, 3.63) is 76.4 Å². The summed E-state index contributed by atoms with van der Waals surface area (Å²) in [7, 11) is 1.52. The Morgan fingerprint density at radius 2 is 1.83 bits per heavy atom. The largest absolute Gasteiger partial charge is 0.416 e. The number of hydrogen-bond acceptors (Lipinski definition) is 5. The summed E-state index contributed by atoms with van der Waals surface area (Å²) in [6, 6.07) is 8.85. The first-order valence-electron chi connectivity index (χ1n) is 15.6. The molecule has 1 saturated carbocycles. The maximum absolute atomic E-state index is 16.0. The fraction of sp³-hybridized carbons (Fsp3) is 0.545. The van der Waals surface area contributed by atoms with Gasteiger partial charge in [-0.25, -0.2) is 13.2 Å². The van der Waals surface area contributed by atoms with Gasteiger partial charge in [-0.3, -0.25) is 9.69 Å². The fourth-order valence-corrected chi connectivity index (χ4v) is 7.43. The SMILES string of the molecule is CCN1CCN(Cc2cc3c(c(C(F)(F)F)c2)CN(c2cccc(C4([C@@H](F)c5nncn5C)CC(F)(F)C4)c2)C3=O)[C@@H](C(C)C)C1. The Morgan fingerprint density at radius 1 is 1.09 bits per heavy atom. The third-order valence-electron chi connectivity index (χ3n) is 9.97. The number of anilines is 1. The molecule has 2 fully saturated rings. The molecular formula is C33H38F6N6O. The zero-order chi connectivity index (χ0) is 33.2. The molecule has 0 N–H and O–H groups in total. The van der Waals surface area contributed by atoms with Crippen LogP contribution in [0.2, 0.25) is 0 Å². The highest BCUT2D eigenvalue weighted by atomic mass is 19.4. The predicted octanol–water partition coefficient (Wildman–Crippen LogP) is 6.53. The van der Waals surface area contributed by atoms with Crippen LogP contribution in [0.25, 0.3) is 0 Å². The summed E-state index contributed by atoms with van der Waals surface area (Å²) in [6.07, 6.45) is -6.90. The van der Waals surface area contributed by atoms with Gasteiger partial charge in [0.15, 0.2) is 12.0 Å². The summed E-state index contributed by atoms with van der Waals surface area (Å²) < 4.78 is 89.5. The summed E-state index contributed by atoms with van der Waals surface area (Å²) in [4.78, 5) is 19.5. The summed E-state index contributed by atoms with van der Waals surface area (Å²) in [5.74, 6) is -3.54. The number of rotatable bonds is 8. The van der Waals surface area contributed by atoms with Crippen LogP contribution in [0, 0.1) is 5.92 Å². The Bertz CT molecular complexity index is 1610. The van der Waals surface area contributed by atoms with Gasteiger partial charge in [-0.2, -0.15) is 13.2 Å². The third kappa shape index (κ3) is 5.69. The molecule has 1 amide bonds. The van der Waals surface area contributed by atoms with E-state index in [2.05, 4.69) is 40.8 Å². The van der Waals surface area contributed by atoms with Crippen LogP contribution < -0.4 is 4.90 Å². The van der Waals surface area contributed by atoms with Crippen LogP contribution in [0.1, 0.15) is 78.2 Å². The molecule has 3 aliphatic rings. The second-order valence-electron chi connectivity index (χ2n) is 13.3. The molecule has 0 radical (unpaired) electrons. The summed E-state index contributed by atoms with van der Waals surface area (Å²) >= 11 is 0. The molecule has 1 aliphatic carbocycles. The molecule has 46 heavy (non-hydrogen) atoms. The second kappa shape index (κ2) is 11.7. The number of amides is 1. The van der Waals surface area contributed by atoms with E-state index in [-0.39, 0.29) is 53.3 Å². The lowest BCUT2D eigenvalue weighted by Crippen LogP contribution is -2.54. The van der Waals surface area contributed by atoms with Gasteiger partial charge in [0.25, 0.3) is 5.91 Å². The normalized spacial score (nSPS) is 22.3. The van der Waals surface area contributed by atoms with E-state index in [0.29, 0.717) is 12.1 Å². The van der Waals surface area contributed by atoms with Gasteiger partial charge in [0.05, 0.1) is 12.1 Å². The van der Waals surface area contributed by atoms with Crippen LogP contribution in [-0.4, -0.2) is 68.6 Å². The number of halogens is 6. The minimum absolute atomic E-state index is 0.0316. The number of alkyl halides is 6. The highest BCUT2D eigenvalue weighted by Gasteiger charge is 2.63. The van der Waals surface area contributed by atoms with Crippen LogP contribution in [0.4, 0.5) is 32.0 Å². The van der Waals surface area contributed by atoms with Crippen molar-refractivity contribution in [1.82, 2.24) is 24.6 Å². The molecule has 7 nitrogen and oxygen atoms in total. The number of likely N-dealkylation sites (N-methyl/N-ethyl adjacent to an activating group) is 1. The van der Waals surface area contributed by atoms with Crippen molar-refractivity contribution in [3.8, 4) is 0 Å². The lowest BCUT2D eigenvalue weighted by atomic mass is 9.59. The standard InChI is InChI=1S/C33H38F6N6O/c1-5-43-9-10-44(27(16-43)20(2)3)14-21-11-24-25(26(12-21)33(37,38)39)15-45(30(24)46)23-8-6-7-22(13-23)31(17-32(35,36)18-31)28(34)29-41-40-19-42(29)4/h6-8,11-13,19-20,27-28H,5,9-10,14-18H2,1-4H3/t27-,28+/m1/s1. The molecule has 3 heterocycles. The summed E-state index contributed by atoms with van der Waals surface area (Å²) in [5, 5.41) is 7.48. The molecule has 2 aromatic carbocycles. The highest BCUT2D eigenvalue weighted by Crippen LogP contribution is 2.60. The van der Waals surface area contributed by atoms with Crippen LogP contribution in [0.5, 0.6) is 0 Å². The number of hydrogen-bond donors (Lipinski definition) is 0. The Balaban J connectivity index is 1.33. The number of nitrogens with zero attached hydrogens (tertiary/aromatic N) is 6. The molecule has 2 atom stereocenters. The van der Waals surface area contributed by atoms with Crippen molar-refractivity contribution in [3.63, 3.8) is 0 Å². The lowest BCUT2D eigenvalue weighted by molar-refractivity contribution is -0.151. The second-order valence-corrected chi connectivity index (χ2v) is 13.3. The Morgan fingerprint density at radius 3 is 2.43 bits per heavy atom. The topological polar surface area (TPSA) is 57.5 Å². The quantitative estimate of drug-likeness (QED) is 0.260. The zero-order valence-corrected chi connectivity index (χ0v) is 26.3. The molecule has 0 spiro atoms. The van der Waals surface area contributed by atoms with Gasteiger partial charge in [0.2, 0.25) is 5.92 Å².